The van der Waals surface area contributed by atoms with Crippen LogP contribution < -0.4 is 4.90 Å². The molecule has 3 rings (SSSR count). The summed E-state index contributed by atoms with van der Waals surface area (Å²) >= 11 is 0. The van der Waals surface area contributed by atoms with Gasteiger partial charge in [-0.05, 0) is 22.5 Å². The van der Waals surface area contributed by atoms with Gasteiger partial charge in [0.25, 0.3) is 0 Å². The van der Waals surface area contributed by atoms with E-state index in [0.29, 0.717) is 12.0 Å². The zero-order chi connectivity index (χ0) is 15.9. The Labute approximate surface area is 134 Å². The van der Waals surface area contributed by atoms with Crippen LogP contribution in [0.4, 0.5) is 5.69 Å². The van der Waals surface area contributed by atoms with E-state index in [4.69, 9.17) is 0 Å². The van der Waals surface area contributed by atoms with E-state index >= 15 is 0 Å². The Hall–Kier alpha value is -2.02. The molecule has 0 bridgehead atoms. The Morgan fingerprint density at radius 3 is 2.77 bits per heavy atom. The van der Waals surface area contributed by atoms with Crippen LogP contribution in [0.15, 0.2) is 61.7 Å². The lowest BCUT2D eigenvalue weighted by molar-refractivity contribution is 0.292. The van der Waals surface area contributed by atoms with Gasteiger partial charge in [-0.15, -0.1) is 6.58 Å². The summed E-state index contributed by atoms with van der Waals surface area (Å²) < 4.78 is 0. The number of para-hydroxylation sites is 1. The number of rotatable bonds is 1. The molecule has 0 spiro atoms. The molecule has 0 fully saturated rings. The number of hydrogen-bond acceptors (Lipinski definition) is 1. The fraction of sp³-hybridized carbons (Fsp3) is 0.333. The summed E-state index contributed by atoms with van der Waals surface area (Å²) in [5.41, 5.74) is 5.17. The number of allylic oxidation sites excluding steroid dienone is 4. The molecule has 1 nitrogen and oxygen atoms in total. The molecule has 0 aromatic heterocycles. The predicted octanol–water partition coefficient (Wildman–Crippen LogP) is 5.11. The lowest BCUT2D eigenvalue weighted by atomic mass is 9.66. The number of anilines is 1. The summed E-state index contributed by atoms with van der Waals surface area (Å²) in [7, 11) is 0. The van der Waals surface area contributed by atoms with E-state index in [2.05, 4.69) is 87.4 Å². The highest BCUT2D eigenvalue weighted by Crippen LogP contribution is 2.49. The quantitative estimate of drug-likeness (QED) is 0.650. The van der Waals surface area contributed by atoms with Gasteiger partial charge in [-0.25, -0.2) is 0 Å². The summed E-state index contributed by atoms with van der Waals surface area (Å²) in [5, 5.41) is 0. The van der Waals surface area contributed by atoms with Crippen LogP contribution in [0.1, 0.15) is 31.9 Å². The average Bonchev–Trinajstić information content (AvgIpc) is 2.58. The largest absolute Gasteiger partial charge is 0.360 e. The zero-order valence-electron chi connectivity index (χ0n) is 13.8. The van der Waals surface area contributed by atoms with Crippen molar-refractivity contribution >= 4 is 11.3 Å². The molecule has 2 aliphatic heterocycles. The van der Waals surface area contributed by atoms with Gasteiger partial charge >= 0.3 is 0 Å². The van der Waals surface area contributed by atoms with Crippen LogP contribution in [0, 0.1) is 5.92 Å². The van der Waals surface area contributed by atoms with Crippen molar-refractivity contribution in [3.63, 3.8) is 0 Å². The summed E-state index contributed by atoms with van der Waals surface area (Å²) in [6, 6.07) is 6.97. The highest BCUT2D eigenvalue weighted by molar-refractivity contribution is 5.85. The molecule has 0 N–H and O–H groups in total. The van der Waals surface area contributed by atoms with Gasteiger partial charge < -0.3 is 4.90 Å². The van der Waals surface area contributed by atoms with Gasteiger partial charge in [0.1, 0.15) is 0 Å². The predicted molar refractivity (Wildman–Crippen MR) is 97.3 cm³/mol. The van der Waals surface area contributed by atoms with Crippen molar-refractivity contribution in [3.8, 4) is 0 Å². The highest BCUT2D eigenvalue weighted by atomic mass is 15.2. The van der Waals surface area contributed by atoms with E-state index < -0.39 is 0 Å². The summed E-state index contributed by atoms with van der Waals surface area (Å²) in [5.74, 6) is 0.503. The van der Waals surface area contributed by atoms with Crippen LogP contribution in [0.3, 0.4) is 0 Å². The van der Waals surface area contributed by atoms with Crippen LogP contribution >= 0.6 is 0 Å². The van der Waals surface area contributed by atoms with Crippen molar-refractivity contribution in [1.82, 2.24) is 0 Å². The van der Waals surface area contributed by atoms with E-state index in [-0.39, 0.29) is 5.41 Å². The zero-order valence-corrected chi connectivity index (χ0v) is 13.8. The minimum Gasteiger partial charge on any atom is -0.360 e. The maximum Gasteiger partial charge on any atom is 0.0508 e. The van der Waals surface area contributed by atoms with Crippen molar-refractivity contribution in [2.24, 2.45) is 5.92 Å². The smallest absolute Gasteiger partial charge is 0.0508 e. The van der Waals surface area contributed by atoms with Crippen molar-refractivity contribution in [3.05, 3.63) is 72.9 Å². The lowest BCUT2D eigenvalue weighted by Gasteiger charge is -2.50. The maximum atomic E-state index is 4.28. The molecule has 22 heavy (non-hydrogen) atoms. The minimum absolute atomic E-state index is 0.114. The number of nitrogens with zero attached hydrogens (tertiary/aromatic N) is 1. The molecule has 0 amide bonds. The molecular weight excluding hydrogens is 266 g/mol. The first kappa shape index (κ1) is 14.9. The van der Waals surface area contributed by atoms with Crippen molar-refractivity contribution in [2.75, 3.05) is 11.4 Å². The van der Waals surface area contributed by atoms with Crippen molar-refractivity contribution in [1.29, 1.82) is 0 Å². The molecular formula is C21H25N. The fourth-order valence-electron chi connectivity index (χ4n) is 3.78. The minimum atomic E-state index is 0.114. The van der Waals surface area contributed by atoms with Crippen LogP contribution in [0.5, 0.6) is 0 Å². The molecule has 1 aromatic rings. The van der Waals surface area contributed by atoms with E-state index in [1.54, 1.807) is 0 Å². The third-order valence-electron chi connectivity index (χ3n) is 5.46. The summed E-state index contributed by atoms with van der Waals surface area (Å²) in [6.45, 7) is 16.3. The first-order valence-electron chi connectivity index (χ1n) is 8.03. The molecule has 0 saturated heterocycles. The molecule has 2 aliphatic rings. The SMILES string of the molecule is C=CC1C(C)C(C)(C)c2cccc3c2N1C/C=C\C=C/C3=C. The van der Waals surface area contributed by atoms with Crippen molar-refractivity contribution in [2.45, 2.75) is 32.2 Å². The Kier molecular flexibility index (Phi) is 3.60. The summed E-state index contributed by atoms with van der Waals surface area (Å²) in [6.07, 6.45) is 10.6. The average molecular weight is 291 g/mol. The Morgan fingerprint density at radius 2 is 2.05 bits per heavy atom. The molecule has 2 atom stereocenters. The fourth-order valence-corrected chi connectivity index (χ4v) is 3.78. The van der Waals surface area contributed by atoms with Gasteiger partial charge in [0.15, 0.2) is 0 Å². The topological polar surface area (TPSA) is 3.24 Å². The normalized spacial score (nSPS) is 28.9. The number of hydrogen-bond donors (Lipinski definition) is 0. The third kappa shape index (κ3) is 2.08. The summed E-state index contributed by atoms with van der Waals surface area (Å²) in [4.78, 5) is 2.49. The monoisotopic (exact) mass is 291 g/mol. The second-order valence-electron chi connectivity index (χ2n) is 6.90. The van der Waals surface area contributed by atoms with Crippen LogP contribution in [-0.4, -0.2) is 12.6 Å². The molecule has 2 heterocycles. The Bertz CT molecular complexity index is 675. The van der Waals surface area contributed by atoms with Gasteiger partial charge in [-0.1, -0.05) is 75.9 Å². The number of benzene rings is 1. The molecule has 1 heteroatoms. The van der Waals surface area contributed by atoms with Crippen LogP contribution in [-0.2, 0) is 5.41 Å². The van der Waals surface area contributed by atoms with Gasteiger partial charge in [0, 0.05) is 17.8 Å². The van der Waals surface area contributed by atoms with Gasteiger partial charge in [0.05, 0.1) is 6.04 Å². The standard InChI is InChI=1S/C21H25N/c1-6-19-16(3)21(4,5)18-13-10-12-17-15(2)11-8-7-9-14-22(19)20(17)18/h6-13,16,19H,1-2,14H2,3-5H3/b9-7-,11-8-. The first-order valence-corrected chi connectivity index (χ1v) is 8.03. The molecule has 0 aliphatic carbocycles. The second-order valence-corrected chi connectivity index (χ2v) is 6.90. The highest BCUT2D eigenvalue weighted by Gasteiger charge is 2.43. The lowest BCUT2D eigenvalue weighted by Crippen LogP contribution is -2.51. The van der Waals surface area contributed by atoms with Crippen LogP contribution in [0.2, 0.25) is 0 Å². The van der Waals surface area contributed by atoms with Gasteiger partial charge in [-0.2, -0.15) is 0 Å². The second kappa shape index (κ2) is 5.31. The van der Waals surface area contributed by atoms with Gasteiger partial charge in [0.2, 0.25) is 0 Å². The maximum absolute atomic E-state index is 4.28. The first-order chi connectivity index (χ1) is 10.5. The molecule has 2 unspecified atom stereocenters. The van der Waals surface area contributed by atoms with Crippen LogP contribution in [0.25, 0.3) is 5.57 Å². The molecule has 0 radical (unpaired) electrons. The van der Waals surface area contributed by atoms with E-state index in [1.165, 1.54) is 16.8 Å². The van der Waals surface area contributed by atoms with E-state index in [0.717, 1.165) is 12.1 Å². The van der Waals surface area contributed by atoms with E-state index in [9.17, 15) is 0 Å². The van der Waals surface area contributed by atoms with E-state index in [1.807, 2.05) is 0 Å². The third-order valence-corrected chi connectivity index (χ3v) is 5.46. The van der Waals surface area contributed by atoms with Crippen molar-refractivity contribution < 1.29 is 0 Å². The molecule has 1 aromatic carbocycles. The Morgan fingerprint density at radius 1 is 1.27 bits per heavy atom. The Balaban J connectivity index is 2.32. The van der Waals surface area contributed by atoms with Gasteiger partial charge in [-0.3, -0.25) is 0 Å². The molecule has 114 valence electrons. The molecule has 0 saturated carbocycles.